The van der Waals surface area contributed by atoms with Crippen LogP contribution >= 0.6 is 11.3 Å². The van der Waals surface area contributed by atoms with Crippen molar-refractivity contribution in [3.63, 3.8) is 0 Å². The Morgan fingerprint density at radius 1 is 1.47 bits per heavy atom. The van der Waals surface area contributed by atoms with E-state index in [0.29, 0.717) is 6.04 Å². The van der Waals surface area contributed by atoms with Crippen molar-refractivity contribution in [2.24, 2.45) is 5.92 Å². The second-order valence-electron chi connectivity index (χ2n) is 4.35. The third-order valence-corrected chi connectivity index (χ3v) is 3.26. The first-order valence-electron chi connectivity index (χ1n) is 5.84. The lowest BCUT2D eigenvalue weighted by molar-refractivity contribution is 0.418. The number of rotatable bonds is 7. The molecule has 1 heterocycles. The zero-order valence-electron chi connectivity index (χ0n) is 9.99. The molecule has 1 rings (SSSR count). The predicted molar refractivity (Wildman–Crippen MR) is 67.4 cm³/mol. The quantitative estimate of drug-likeness (QED) is 0.773. The fourth-order valence-electron chi connectivity index (χ4n) is 1.69. The van der Waals surface area contributed by atoms with Gasteiger partial charge in [0.05, 0.1) is 5.01 Å². The summed E-state index contributed by atoms with van der Waals surface area (Å²) in [4.78, 5) is 4.36. The summed E-state index contributed by atoms with van der Waals surface area (Å²) < 4.78 is 0. The summed E-state index contributed by atoms with van der Waals surface area (Å²) in [6.45, 7) is 7.77. The van der Waals surface area contributed by atoms with Gasteiger partial charge in [-0.3, -0.25) is 0 Å². The summed E-state index contributed by atoms with van der Waals surface area (Å²) in [7, 11) is 0. The Balaban J connectivity index is 2.36. The molecule has 0 spiro atoms. The summed E-state index contributed by atoms with van der Waals surface area (Å²) in [6.07, 6.45) is 5.58. The van der Waals surface area contributed by atoms with Gasteiger partial charge < -0.3 is 5.32 Å². The normalized spacial score (nSPS) is 13.3. The maximum Gasteiger partial charge on any atom is 0.0928 e. The van der Waals surface area contributed by atoms with E-state index in [9.17, 15) is 0 Å². The first-order chi connectivity index (χ1) is 7.22. The molecule has 0 aliphatic carbocycles. The SMILES string of the molecule is CCCC(CNC(C)C)Cc1nccs1. The van der Waals surface area contributed by atoms with Gasteiger partial charge >= 0.3 is 0 Å². The van der Waals surface area contributed by atoms with Crippen molar-refractivity contribution in [2.75, 3.05) is 6.54 Å². The average molecular weight is 226 g/mol. The average Bonchev–Trinajstić information content (AvgIpc) is 2.67. The van der Waals surface area contributed by atoms with Crippen LogP contribution in [-0.4, -0.2) is 17.6 Å². The minimum absolute atomic E-state index is 0.584. The van der Waals surface area contributed by atoms with E-state index in [0.717, 1.165) is 18.9 Å². The lowest BCUT2D eigenvalue weighted by Gasteiger charge is -2.17. The molecule has 0 aliphatic rings. The van der Waals surface area contributed by atoms with Gasteiger partial charge in [0.1, 0.15) is 0 Å². The Kier molecular flexibility index (Phi) is 5.88. The molecule has 0 saturated heterocycles. The molecule has 1 atom stereocenters. The second kappa shape index (κ2) is 6.96. The molecule has 0 aliphatic heterocycles. The van der Waals surface area contributed by atoms with Crippen LogP contribution in [0.1, 0.15) is 38.6 Å². The van der Waals surface area contributed by atoms with E-state index < -0.39 is 0 Å². The summed E-state index contributed by atoms with van der Waals surface area (Å²) in [5.41, 5.74) is 0. The van der Waals surface area contributed by atoms with Gasteiger partial charge in [0.25, 0.3) is 0 Å². The van der Waals surface area contributed by atoms with Crippen LogP contribution in [0, 0.1) is 5.92 Å². The first kappa shape index (κ1) is 12.7. The van der Waals surface area contributed by atoms with Gasteiger partial charge in [-0.1, -0.05) is 27.2 Å². The number of aromatic nitrogens is 1. The third kappa shape index (κ3) is 5.28. The Hall–Kier alpha value is -0.410. The molecule has 1 N–H and O–H groups in total. The number of nitrogens with zero attached hydrogens (tertiary/aromatic N) is 1. The highest BCUT2D eigenvalue weighted by molar-refractivity contribution is 7.09. The summed E-state index contributed by atoms with van der Waals surface area (Å²) in [5, 5.41) is 6.86. The van der Waals surface area contributed by atoms with Crippen molar-refractivity contribution in [3.05, 3.63) is 16.6 Å². The van der Waals surface area contributed by atoms with E-state index in [-0.39, 0.29) is 0 Å². The fraction of sp³-hybridized carbons (Fsp3) is 0.750. The van der Waals surface area contributed by atoms with Crippen LogP contribution in [0.4, 0.5) is 0 Å². The van der Waals surface area contributed by atoms with Gasteiger partial charge in [0, 0.05) is 24.0 Å². The zero-order valence-corrected chi connectivity index (χ0v) is 10.8. The lowest BCUT2D eigenvalue weighted by Crippen LogP contribution is -2.29. The van der Waals surface area contributed by atoms with E-state index in [1.807, 2.05) is 6.20 Å². The van der Waals surface area contributed by atoms with Gasteiger partial charge in [-0.2, -0.15) is 0 Å². The third-order valence-electron chi connectivity index (χ3n) is 2.46. The molecular weight excluding hydrogens is 204 g/mol. The van der Waals surface area contributed by atoms with Crippen LogP contribution in [0.2, 0.25) is 0 Å². The Labute approximate surface area is 97.1 Å². The number of thiazole rings is 1. The van der Waals surface area contributed by atoms with Crippen LogP contribution < -0.4 is 5.32 Å². The molecular formula is C12H22N2S. The van der Waals surface area contributed by atoms with Crippen LogP contribution in [0.3, 0.4) is 0 Å². The number of nitrogens with one attached hydrogen (secondary N) is 1. The van der Waals surface area contributed by atoms with E-state index >= 15 is 0 Å². The minimum atomic E-state index is 0.584. The fourth-order valence-corrected chi connectivity index (χ4v) is 2.42. The van der Waals surface area contributed by atoms with Gasteiger partial charge in [-0.25, -0.2) is 4.98 Å². The molecule has 1 unspecified atom stereocenters. The van der Waals surface area contributed by atoms with Crippen molar-refractivity contribution < 1.29 is 0 Å². The monoisotopic (exact) mass is 226 g/mol. The van der Waals surface area contributed by atoms with Crippen LogP contribution in [0.25, 0.3) is 0 Å². The minimum Gasteiger partial charge on any atom is -0.314 e. The van der Waals surface area contributed by atoms with E-state index in [2.05, 4.69) is 36.5 Å². The molecule has 0 bridgehead atoms. The van der Waals surface area contributed by atoms with E-state index in [1.54, 1.807) is 11.3 Å². The largest absolute Gasteiger partial charge is 0.314 e. The van der Waals surface area contributed by atoms with Crippen LogP contribution in [0.15, 0.2) is 11.6 Å². The number of hydrogen-bond donors (Lipinski definition) is 1. The highest BCUT2D eigenvalue weighted by atomic mass is 32.1. The standard InChI is InChI=1S/C12H22N2S/c1-4-5-11(9-14-10(2)3)8-12-13-6-7-15-12/h6-7,10-11,14H,4-5,8-9H2,1-3H3. The second-order valence-corrected chi connectivity index (χ2v) is 5.33. The van der Waals surface area contributed by atoms with E-state index in [1.165, 1.54) is 17.8 Å². The zero-order chi connectivity index (χ0) is 11.1. The highest BCUT2D eigenvalue weighted by Crippen LogP contribution is 2.15. The molecule has 2 nitrogen and oxygen atoms in total. The highest BCUT2D eigenvalue weighted by Gasteiger charge is 2.10. The lowest BCUT2D eigenvalue weighted by atomic mass is 10.00. The van der Waals surface area contributed by atoms with Crippen LogP contribution in [-0.2, 0) is 6.42 Å². The van der Waals surface area contributed by atoms with Crippen molar-refractivity contribution in [1.29, 1.82) is 0 Å². The van der Waals surface area contributed by atoms with Crippen molar-refractivity contribution >= 4 is 11.3 Å². The van der Waals surface area contributed by atoms with Crippen molar-refractivity contribution in [1.82, 2.24) is 10.3 Å². The van der Waals surface area contributed by atoms with Gasteiger partial charge in [0.2, 0.25) is 0 Å². The predicted octanol–water partition coefficient (Wildman–Crippen LogP) is 3.10. The first-order valence-corrected chi connectivity index (χ1v) is 6.72. The number of hydrogen-bond acceptors (Lipinski definition) is 3. The van der Waals surface area contributed by atoms with Crippen molar-refractivity contribution in [2.45, 2.75) is 46.1 Å². The summed E-state index contributed by atoms with van der Waals surface area (Å²) >= 11 is 1.77. The Morgan fingerprint density at radius 3 is 2.80 bits per heavy atom. The summed E-state index contributed by atoms with van der Waals surface area (Å²) in [5.74, 6) is 0.739. The molecule has 3 heteroatoms. The van der Waals surface area contributed by atoms with Gasteiger partial charge in [-0.15, -0.1) is 11.3 Å². The molecule has 0 saturated carbocycles. The molecule has 0 radical (unpaired) electrons. The smallest absolute Gasteiger partial charge is 0.0928 e. The van der Waals surface area contributed by atoms with Crippen molar-refractivity contribution in [3.8, 4) is 0 Å². The molecule has 1 aromatic rings. The molecule has 0 fully saturated rings. The van der Waals surface area contributed by atoms with Crippen LogP contribution in [0.5, 0.6) is 0 Å². The molecule has 0 aromatic carbocycles. The molecule has 1 aromatic heterocycles. The Bertz CT molecular complexity index is 244. The maximum atomic E-state index is 4.36. The molecule has 15 heavy (non-hydrogen) atoms. The Morgan fingerprint density at radius 2 is 2.27 bits per heavy atom. The van der Waals surface area contributed by atoms with E-state index in [4.69, 9.17) is 0 Å². The molecule has 86 valence electrons. The van der Waals surface area contributed by atoms with Gasteiger partial charge in [-0.05, 0) is 18.9 Å². The summed E-state index contributed by atoms with van der Waals surface area (Å²) in [6, 6.07) is 0.584. The molecule has 0 amide bonds. The topological polar surface area (TPSA) is 24.9 Å². The van der Waals surface area contributed by atoms with Gasteiger partial charge in [0.15, 0.2) is 0 Å². The maximum absolute atomic E-state index is 4.36.